The van der Waals surface area contributed by atoms with Gasteiger partial charge >= 0.3 is 5.97 Å². The molecule has 17 heavy (non-hydrogen) atoms. The maximum absolute atomic E-state index is 13.5. The highest BCUT2D eigenvalue weighted by Gasteiger charge is 2.19. The molecule has 0 amide bonds. The number of carbonyl (C=O) groups is 1. The van der Waals surface area contributed by atoms with Crippen molar-refractivity contribution in [2.75, 3.05) is 21.2 Å². The first-order chi connectivity index (χ1) is 7.95. The van der Waals surface area contributed by atoms with Gasteiger partial charge in [-0.15, -0.1) is 0 Å². The summed E-state index contributed by atoms with van der Waals surface area (Å²) in [6.07, 6.45) is -0.0707. The Balaban J connectivity index is 3.02. The number of rotatable bonds is 5. The molecule has 0 saturated heterocycles. The Bertz CT molecular complexity index is 407. The summed E-state index contributed by atoms with van der Waals surface area (Å²) >= 11 is 0. The van der Waals surface area contributed by atoms with Crippen molar-refractivity contribution in [3.05, 3.63) is 29.6 Å². The molecule has 1 rings (SSSR count). The van der Waals surface area contributed by atoms with Crippen LogP contribution in [-0.2, 0) is 4.79 Å². The fraction of sp³-hybridized carbons (Fsp3) is 0.417. The normalized spacial score (nSPS) is 12.5. The lowest BCUT2D eigenvalue weighted by Gasteiger charge is -2.23. The molecule has 0 aliphatic heterocycles. The third-order valence-electron chi connectivity index (χ3n) is 2.55. The number of carboxylic acids is 1. The number of hydrogen-bond donors (Lipinski definition) is 1. The van der Waals surface area contributed by atoms with Gasteiger partial charge in [-0.25, -0.2) is 4.39 Å². The SMILES string of the molecule is COc1ccc(C(CC(=O)O)N(C)C)cc1F. The van der Waals surface area contributed by atoms with Crippen LogP contribution in [-0.4, -0.2) is 37.2 Å². The minimum atomic E-state index is -0.917. The summed E-state index contributed by atoms with van der Waals surface area (Å²) < 4.78 is 18.3. The van der Waals surface area contributed by atoms with Crippen molar-refractivity contribution in [3.8, 4) is 5.75 Å². The fourth-order valence-corrected chi connectivity index (χ4v) is 1.65. The lowest BCUT2D eigenvalue weighted by Crippen LogP contribution is -2.22. The zero-order valence-corrected chi connectivity index (χ0v) is 10.1. The number of nitrogens with zero attached hydrogens (tertiary/aromatic N) is 1. The largest absolute Gasteiger partial charge is 0.494 e. The maximum atomic E-state index is 13.5. The zero-order valence-electron chi connectivity index (χ0n) is 10.1. The van der Waals surface area contributed by atoms with Crippen LogP contribution in [0.25, 0.3) is 0 Å². The number of methoxy groups -OCH3 is 1. The second kappa shape index (κ2) is 5.63. The molecule has 0 bridgehead atoms. The molecule has 1 N–H and O–H groups in total. The average molecular weight is 241 g/mol. The van der Waals surface area contributed by atoms with Gasteiger partial charge in [0.15, 0.2) is 11.6 Å². The minimum Gasteiger partial charge on any atom is -0.494 e. The van der Waals surface area contributed by atoms with E-state index in [1.807, 2.05) is 0 Å². The summed E-state index contributed by atoms with van der Waals surface area (Å²) in [7, 11) is 4.91. The Kier molecular flexibility index (Phi) is 4.45. The third-order valence-corrected chi connectivity index (χ3v) is 2.55. The highest BCUT2D eigenvalue weighted by Crippen LogP contribution is 2.26. The van der Waals surface area contributed by atoms with E-state index in [2.05, 4.69) is 0 Å². The second-order valence-corrected chi connectivity index (χ2v) is 3.97. The van der Waals surface area contributed by atoms with E-state index in [4.69, 9.17) is 9.84 Å². The van der Waals surface area contributed by atoms with Gasteiger partial charge in [-0.1, -0.05) is 6.07 Å². The molecule has 0 saturated carbocycles. The molecule has 5 heteroatoms. The molecular weight excluding hydrogens is 225 g/mol. The quantitative estimate of drug-likeness (QED) is 0.855. The van der Waals surface area contributed by atoms with Gasteiger partial charge in [0.25, 0.3) is 0 Å². The standard InChI is InChI=1S/C12H16FNO3/c1-14(2)10(7-12(15)16)8-4-5-11(17-3)9(13)6-8/h4-6,10H,7H2,1-3H3,(H,15,16). The van der Waals surface area contributed by atoms with E-state index in [0.29, 0.717) is 5.56 Å². The molecule has 0 heterocycles. The Morgan fingerprint density at radius 3 is 2.59 bits per heavy atom. The maximum Gasteiger partial charge on any atom is 0.305 e. The smallest absolute Gasteiger partial charge is 0.305 e. The first-order valence-electron chi connectivity index (χ1n) is 5.17. The van der Waals surface area contributed by atoms with E-state index >= 15 is 0 Å². The summed E-state index contributed by atoms with van der Waals surface area (Å²) in [5.74, 6) is -1.25. The zero-order chi connectivity index (χ0) is 13.0. The van der Waals surface area contributed by atoms with Gasteiger partial charge in [0.05, 0.1) is 13.5 Å². The van der Waals surface area contributed by atoms with Crippen molar-refractivity contribution in [1.82, 2.24) is 4.90 Å². The highest BCUT2D eigenvalue weighted by molar-refractivity contribution is 5.68. The minimum absolute atomic E-state index is 0.0707. The van der Waals surface area contributed by atoms with E-state index in [1.54, 1.807) is 25.1 Å². The molecule has 0 aliphatic carbocycles. The Morgan fingerprint density at radius 2 is 2.18 bits per heavy atom. The lowest BCUT2D eigenvalue weighted by atomic mass is 10.0. The Morgan fingerprint density at radius 1 is 1.53 bits per heavy atom. The molecule has 1 atom stereocenters. The van der Waals surface area contributed by atoms with Gasteiger partial charge in [-0.05, 0) is 31.8 Å². The molecule has 4 nitrogen and oxygen atoms in total. The van der Waals surface area contributed by atoms with Crippen LogP contribution in [0.4, 0.5) is 4.39 Å². The van der Waals surface area contributed by atoms with Crippen molar-refractivity contribution in [2.24, 2.45) is 0 Å². The van der Waals surface area contributed by atoms with Gasteiger partial charge in [-0.2, -0.15) is 0 Å². The lowest BCUT2D eigenvalue weighted by molar-refractivity contribution is -0.138. The number of ether oxygens (including phenoxy) is 1. The van der Waals surface area contributed by atoms with Crippen molar-refractivity contribution in [2.45, 2.75) is 12.5 Å². The summed E-state index contributed by atoms with van der Waals surface area (Å²) in [5.41, 5.74) is 0.621. The summed E-state index contributed by atoms with van der Waals surface area (Å²) in [5, 5.41) is 8.82. The van der Waals surface area contributed by atoms with E-state index in [-0.39, 0.29) is 18.2 Å². The number of carboxylic acid groups (broad SMARTS) is 1. The first kappa shape index (κ1) is 13.4. The summed E-state index contributed by atoms with van der Waals surface area (Å²) in [6.45, 7) is 0. The Labute approximate surface area is 99.6 Å². The molecule has 0 aromatic heterocycles. The van der Waals surface area contributed by atoms with Gasteiger partial charge in [0.1, 0.15) is 0 Å². The fourth-order valence-electron chi connectivity index (χ4n) is 1.65. The predicted molar refractivity (Wildman–Crippen MR) is 61.6 cm³/mol. The molecule has 1 unspecified atom stereocenters. The van der Waals surface area contributed by atoms with Crippen LogP contribution in [0.2, 0.25) is 0 Å². The van der Waals surface area contributed by atoms with Crippen LogP contribution >= 0.6 is 0 Å². The number of hydrogen-bond acceptors (Lipinski definition) is 3. The van der Waals surface area contributed by atoms with Crippen molar-refractivity contribution in [3.63, 3.8) is 0 Å². The summed E-state index contributed by atoms with van der Waals surface area (Å²) in [4.78, 5) is 12.5. The van der Waals surface area contributed by atoms with E-state index in [0.717, 1.165) is 0 Å². The van der Waals surface area contributed by atoms with Gasteiger partial charge in [0, 0.05) is 6.04 Å². The molecule has 0 fully saturated rings. The van der Waals surface area contributed by atoms with Crippen molar-refractivity contribution >= 4 is 5.97 Å². The number of halogens is 1. The van der Waals surface area contributed by atoms with E-state index in [9.17, 15) is 9.18 Å². The highest BCUT2D eigenvalue weighted by atomic mass is 19.1. The van der Waals surface area contributed by atoms with E-state index < -0.39 is 11.8 Å². The first-order valence-corrected chi connectivity index (χ1v) is 5.17. The molecule has 1 aromatic carbocycles. The van der Waals surface area contributed by atoms with Crippen molar-refractivity contribution in [1.29, 1.82) is 0 Å². The summed E-state index contributed by atoms with van der Waals surface area (Å²) in [6, 6.07) is 4.14. The van der Waals surface area contributed by atoms with Crippen LogP contribution in [0.3, 0.4) is 0 Å². The van der Waals surface area contributed by atoms with Crippen LogP contribution in [0, 0.1) is 5.82 Å². The van der Waals surface area contributed by atoms with Gasteiger partial charge < -0.3 is 14.7 Å². The van der Waals surface area contributed by atoms with Crippen molar-refractivity contribution < 1.29 is 19.0 Å². The van der Waals surface area contributed by atoms with Gasteiger partial charge in [-0.3, -0.25) is 4.79 Å². The molecule has 1 aromatic rings. The number of aliphatic carboxylic acids is 1. The number of benzene rings is 1. The molecule has 0 aliphatic rings. The van der Waals surface area contributed by atoms with E-state index in [1.165, 1.54) is 19.2 Å². The van der Waals surface area contributed by atoms with Crippen LogP contribution in [0.5, 0.6) is 5.75 Å². The van der Waals surface area contributed by atoms with Crippen LogP contribution in [0.15, 0.2) is 18.2 Å². The molecular formula is C12H16FNO3. The third kappa shape index (κ3) is 3.42. The molecule has 0 spiro atoms. The van der Waals surface area contributed by atoms with Crippen LogP contribution < -0.4 is 4.74 Å². The van der Waals surface area contributed by atoms with Gasteiger partial charge in [0.2, 0.25) is 0 Å². The average Bonchev–Trinajstić information content (AvgIpc) is 2.25. The Hall–Kier alpha value is -1.62. The topological polar surface area (TPSA) is 49.8 Å². The molecule has 94 valence electrons. The predicted octanol–water partition coefficient (Wildman–Crippen LogP) is 1.91. The molecule has 0 radical (unpaired) electrons. The second-order valence-electron chi connectivity index (χ2n) is 3.97. The monoisotopic (exact) mass is 241 g/mol. The van der Waals surface area contributed by atoms with Crippen LogP contribution in [0.1, 0.15) is 18.0 Å².